The second-order valence-electron chi connectivity index (χ2n) is 4.70. The number of nitrogens with zero attached hydrogens (tertiary/aromatic N) is 2. The standard InChI is InChI=1S/C14H17BrFN3/c1-8(12-7-11(15)5-6-13(12)16)17-14-9(2)18-19(4)10(14)3/h5-8,17H,1-4H3. The molecule has 102 valence electrons. The van der Waals surface area contributed by atoms with Crippen LogP contribution >= 0.6 is 15.9 Å². The maximum absolute atomic E-state index is 13.8. The van der Waals surface area contributed by atoms with Crippen LogP contribution in [-0.2, 0) is 7.05 Å². The van der Waals surface area contributed by atoms with Gasteiger partial charge in [-0.05, 0) is 39.0 Å². The lowest BCUT2D eigenvalue weighted by atomic mass is 10.1. The Morgan fingerprint density at radius 3 is 2.63 bits per heavy atom. The lowest BCUT2D eigenvalue weighted by molar-refractivity contribution is 0.599. The Kier molecular flexibility index (Phi) is 3.94. The predicted octanol–water partition coefficient (Wildman–Crippen LogP) is 4.11. The van der Waals surface area contributed by atoms with E-state index in [1.165, 1.54) is 6.07 Å². The van der Waals surface area contributed by atoms with Crippen LogP contribution in [0.1, 0.15) is 29.9 Å². The summed E-state index contributed by atoms with van der Waals surface area (Å²) in [6.07, 6.45) is 0. The second kappa shape index (κ2) is 5.33. The average Bonchev–Trinajstić information content (AvgIpc) is 2.59. The van der Waals surface area contributed by atoms with Crippen molar-refractivity contribution in [2.75, 3.05) is 5.32 Å². The molecule has 5 heteroatoms. The summed E-state index contributed by atoms with van der Waals surface area (Å²) in [5.41, 5.74) is 3.56. The van der Waals surface area contributed by atoms with E-state index in [2.05, 4.69) is 26.3 Å². The van der Waals surface area contributed by atoms with Gasteiger partial charge in [0.2, 0.25) is 0 Å². The number of rotatable bonds is 3. The number of anilines is 1. The molecule has 1 N–H and O–H groups in total. The van der Waals surface area contributed by atoms with Crippen molar-refractivity contribution in [1.82, 2.24) is 9.78 Å². The molecule has 2 rings (SSSR count). The fourth-order valence-corrected chi connectivity index (χ4v) is 2.50. The van der Waals surface area contributed by atoms with Crippen molar-refractivity contribution in [1.29, 1.82) is 0 Å². The summed E-state index contributed by atoms with van der Waals surface area (Å²) in [7, 11) is 1.90. The zero-order chi connectivity index (χ0) is 14.2. The number of hydrogen-bond acceptors (Lipinski definition) is 2. The summed E-state index contributed by atoms with van der Waals surface area (Å²) in [6, 6.07) is 4.85. The highest BCUT2D eigenvalue weighted by Crippen LogP contribution is 2.27. The Morgan fingerprint density at radius 2 is 2.05 bits per heavy atom. The maximum atomic E-state index is 13.8. The molecule has 1 atom stereocenters. The minimum atomic E-state index is -0.206. The largest absolute Gasteiger partial charge is 0.375 e. The van der Waals surface area contributed by atoms with Crippen LogP contribution in [0.3, 0.4) is 0 Å². The van der Waals surface area contributed by atoms with Crippen LogP contribution in [0.4, 0.5) is 10.1 Å². The van der Waals surface area contributed by atoms with Gasteiger partial charge in [-0.3, -0.25) is 4.68 Å². The van der Waals surface area contributed by atoms with Gasteiger partial charge < -0.3 is 5.32 Å². The Balaban J connectivity index is 2.30. The molecule has 0 aliphatic rings. The third kappa shape index (κ3) is 2.81. The lowest BCUT2D eigenvalue weighted by Crippen LogP contribution is -2.10. The van der Waals surface area contributed by atoms with Crippen LogP contribution in [-0.4, -0.2) is 9.78 Å². The molecule has 0 saturated carbocycles. The summed E-state index contributed by atoms with van der Waals surface area (Å²) in [5, 5.41) is 7.69. The van der Waals surface area contributed by atoms with E-state index in [0.717, 1.165) is 21.5 Å². The highest BCUT2D eigenvalue weighted by molar-refractivity contribution is 9.10. The number of halogens is 2. The van der Waals surface area contributed by atoms with E-state index in [1.54, 1.807) is 12.1 Å². The lowest BCUT2D eigenvalue weighted by Gasteiger charge is -2.17. The van der Waals surface area contributed by atoms with Crippen LogP contribution in [0, 0.1) is 19.7 Å². The molecule has 0 bridgehead atoms. The molecule has 2 aromatic rings. The third-order valence-corrected chi connectivity index (χ3v) is 3.79. The zero-order valence-electron chi connectivity index (χ0n) is 11.5. The van der Waals surface area contributed by atoms with E-state index in [-0.39, 0.29) is 11.9 Å². The highest BCUT2D eigenvalue weighted by Gasteiger charge is 2.15. The van der Waals surface area contributed by atoms with E-state index in [9.17, 15) is 4.39 Å². The first-order valence-electron chi connectivity index (χ1n) is 6.12. The van der Waals surface area contributed by atoms with Crippen molar-refractivity contribution in [2.45, 2.75) is 26.8 Å². The highest BCUT2D eigenvalue weighted by atomic mass is 79.9. The van der Waals surface area contributed by atoms with Crippen molar-refractivity contribution in [3.63, 3.8) is 0 Å². The zero-order valence-corrected chi connectivity index (χ0v) is 13.0. The number of aromatic nitrogens is 2. The van der Waals surface area contributed by atoms with Crippen LogP contribution < -0.4 is 5.32 Å². The third-order valence-electron chi connectivity index (χ3n) is 3.29. The van der Waals surface area contributed by atoms with Gasteiger partial charge in [0.15, 0.2) is 0 Å². The van der Waals surface area contributed by atoms with E-state index < -0.39 is 0 Å². The van der Waals surface area contributed by atoms with Gasteiger partial charge in [-0.2, -0.15) is 5.10 Å². The molecular weight excluding hydrogens is 309 g/mol. The smallest absolute Gasteiger partial charge is 0.128 e. The Morgan fingerprint density at radius 1 is 1.37 bits per heavy atom. The average molecular weight is 326 g/mol. The molecule has 19 heavy (non-hydrogen) atoms. The molecule has 1 aromatic heterocycles. The SMILES string of the molecule is Cc1nn(C)c(C)c1NC(C)c1cc(Br)ccc1F. The molecule has 3 nitrogen and oxygen atoms in total. The Labute approximate surface area is 121 Å². The molecule has 1 aromatic carbocycles. The summed E-state index contributed by atoms with van der Waals surface area (Å²) in [4.78, 5) is 0. The molecule has 1 unspecified atom stereocenters. The molecule has 0 fully saturated rings. The van der Waals surface area contributed by atoms with Gasteiger partial charge in [-0.1, -0.05) is 15.9 Å². The quantitative estimate of drug-likeness (QED) is 0.920. The molecule has 0 saturated heterocycles. The summed E-state index contributed by atoms with van der Waals surface area (Å²) >= 11 is 3.37. The van der Waals surface area contributed by atoms with Crippen molar-refractivity contribution in [3.8, 4) is 0 Å². The maximum Gasteiger partial charge on any atom is 0.128 e. The molecule has 0 aliphatic heterocycles. The normalized spacial score (nSPS) is 12.5. The molecule has 0 radical (unpaired) electrons. The summed E-state index contributed by atoms with van der Waals surface area (Å²) in [5.74, 6) is -0.206. The molecule has 0 amide bonds. The first-order chi connectivity index (χ1) is 8.90. The van der Waals surface area contributed by atoms with E-state index in [1.807, 2.05) is 32.5 Å². The molecular formula is C14H17BrFN3. The predicted molar refractivity (Wildman–Crippen MR) is 78.8 cm³/mol. The summed E-state index contributed by atoms with van der Waals surface area (Å²) < 4.78 is 16.5. The first kappa shape index (κ1) is 14.1. The van der Waals surface area contributed by atoms with Gasteiger partial charge in [0.25, 0.3) is 0 Å². The van der Waals surface area contributed by atoms with Crippen LogP contribution in [0.15, 0.2) is 22.7 Å². The fourth-order valence-electron chi connectivity index (χ4n) is 2.12. The number of nitrogens with one attached hydrogen (secondary N) is 1. The number of hydrogen-bond donors (Lipinski definition) is 1. The van der Waals surface area contributed by atoms with Gasteiger partial charge in [0.1, 0.15) is 5.82 Å². The van der Waals surface area contributed by atoms with E-state index in [4.69, 9.17) is 0 Å². The second-order valence-corrected chi connectivity index (χ2v) is 5.62. The van der Waals surface area contributed by atoms with Crippen molar-refractivity contribution < 1.29 is 4.39 Å². The van der Waals surface area contributed by atoms with Crippen LogP contribution in [0.5, 0.6) is 0 Å². The van der Waals surface area contributed by atoms with E-state index in [0.29, 0.717) is 5.56 Å². The van der Waals surface area contributed by atoms with Gasteiger partial charge >= 0.3 is 0 Å². The van der Waals surface area contributed by atoms with Crippen molar-refractivity contribution in [3.05, 3.63) is 45.4 Å². The molecule has 1 heterocycles. The fraction of sp³-hybridized carbons (Fsp3) is 0.357. The minimum absolute atomic E-state index is 0.126. The molecule has 0 aliphatic carbocycles. The Bertz CT molecular complexity index is 607. The van der Waals surface area contributed by atoms with Crippen molar-refractivity contribution in [2.24, 2.45) is 7.05 Å². The number of aryl methyl sites for hydroxylation is 2. The monoisotopic (exact) mass is 325 g/mol. The van der Waals surface area contributed by atoms with Gasteiger partial charge in [0, 0.05) is 17.1 Å². The van der Waals surface area contributed by atoms with E-state index >= 15 is 0 Å². The van der Waals surface area contributed by atoms with Gasteiger partial charge in [-0.25, -0.2) is 4.39 Å². The van der Waals surface area contributed by atoms with Gasteiger partial charge in [-0.15, -0.1) is 0 Å². The molecule has 0 spiro atoms. The van der Waals surface area contributed by atoms with Crippen molar-refractivity contribution >= 4 is 21.6 Å². The topological polar surface area (TPSA) is 29.9 Å². The van der Waals surface area contributed by atoms with Gasteiger partial charge in [0.05, 0.1) is 23.1 Å². The first-order valence-corrected chi connectivity index (χ1v) is 6.91. The number of benzene rings is 1. The summed E-state index contributed by atoms with van der Waals surface area (Å²) in [6.45, 7) is 5.88. The Hall–Kier alpha value is -1.36. The minimum Gasteiger partial charge on any atom is -0.375 e. The van der Waals surface area contributed by atoms with Crippen LogP contribution in [0.25, 0.3) is 0 Å². The van der Waals surface area contributed by atoms with Crippen LogP contribution in [0.2, 0.25) is 0 Å².